The third-order valence-electron chi connectivity index (χ3n) is 4.33. The third kappa shape index (κ3) is 4.34. The molecule has 5 nitrogen and oxygen atoms in total. The number of pyridine rings is 1. The number of amides is 1. The molecule has 2 heterocycles. The summed E-state index contributed by atoms with van der Waals surface area (Å²) in [6.07, 6.45) is 2.81. The minimum atomic E-state index is -0.145. The Hall–Kier alpha value is -2.56. The van der Waals surface area contributed by atoms with E-state index in [1.165, 1.54) is 6.92 Å². The number of anilines is 1. The van der Waals surface area contributed by atoms with Gasteiger partial charge in [0.25, 0.3) is 0 Å². The maximum Gasteiger partial charge on any atom is 0.222 e. The van der Waals surface area contributed by atoms with Gasteiger partial charge in [0.1, 0.15) is 23.9 Å². The minimum Gasteiger partial charge on any atom is -0.493 e. The number of rotatable bonds is 6. The Labute approximate surface area is 154 Å². The molecule has 0 fully saturated rings. The van der Waals surface area contributed by atoms with Crippen LogP contribution >= 0.6 is 0 Å². The molecule has 1 unspecified atom stereocenters. The van der Waals surface area contributed by atoms with E-state index >= 15 is 0 Å². The maximum atomic E-state index is 11.3. The van der Waals surface area contributed by atoms with Crippen molar-refractivity contribution in [2.75, 3.05) is 11.9 Å². The summed E-state index contributed by atoms with van der Waals surface area (Å²) in [5, 5.41) is 2.72. The molecule has 1 amide bonds. The Bertz CT molecular complexity index is 802. The van der Waals surface area contributed by atoms with Crippen LogP contribution in [0.1, 0.15) is 39.7 Å². The highest BCUT2D eigenvalue weighted by Gasteiger charge is 2.19. The molecule has 1 aliphatic rings. The van der Waals surface area contributed by atoms with Gasteiger partial charge in [-0.1, -0.05) is 26.8 Å². The molecule has 0 spiro atoms. The number of benzene rings is 1. The second kappa shape index (κ2) is 7.77. The lowest BCUT2D eigenvalue weighted by molar-refractivity contribution is -0.114. The molecular weight excluding hydrogens is 328 g/mol. The lowest BCUT2D eigenvalue weighted by Gasteiger charge is -2.22. The molecular formula is C21H26N2O3. The summed E-state index contributed by atoms with van der Waals surface area (Å²) in [4.78, 5) is 15.5. The van der Waals surface area contributed by atoms with Gasteiger partial charge in [-0.2, -0.15) is 0 Å². The first-order valence-corrected chi connectivity index (χ1v) is 9.09. The molecule has 1 N–H and O–H groups in total. The molecule has 26 heavy (non-hydrogen) atoms. The number of nitrogens with one attached hydrogen (secondary N) is 1. The summed E-state index contributed by atoms with van der Waals surface area (Å²) in [7, 11) is 0. The number of ether oxygens (including phenoxy) is 2. The molecule has 0 saturated heterocycles. The number of hydrogen-bond donors (Lipinski definition) is 1. The average molecular weight is 354 g/mol. The quantitative estimate of drug-likeness (QED) is 0.819. The first-order chi connectivity index (χ1) is 12.4. The van der Waals surface area contributed by atoms with E-state index in [0.717, 1.165) is 34.6 Å². The molecule has 0 saturated carbocycles. The van der Waals surface area contributed by atoms with Crippen molar-refractivity contribution in [1.29, 1.82) is 0 Å². The van der Waals surface area contributed by atoms with Crippen LogP contribution < -0.4 is 14.8 Å². The van der Waals surface area contributed by atoms with Gasteiger partial charge in [-0.15, -0.1) is 0 Å². The van der Waals surface area contributed by atoms with E-state index in [1.807, 2.05) is 18.2 Å². The third-order valence-corrected chi connectivity index (χ3v) is 4.33. The van der Waals surface area contributed by atoms with Crippen molar-refractivity contribution >= 4 is 11.7 Å². The topological polar surface area (TPSA) is 60.5 Å². The van der Waals surface area contributed by atoms with Crippen LogP contribution in [0.4, 0.5) is 5.82 Å². The van der Waals surface area contributed by atoms with E-state index in [2.05, 4.69) is 37.1 Å². The Morgan fingerprint density at radius 1 is 1.27 bits per heavy atom. The van der Waals surface area contributed by atoms with Gasteiger partial charge in [0.2, 0.25) is 5.91 Å². The molecule has 2 aromatic rings. The highest BCUT2D eigenvalue weighted by atomic mass is 16.5. The molecule has 138 valence electrons. The van der Waals surface area contributed by atoms with Crippen molar-refractivity contribution in [2.24, 2.45) is 11.8 Å². The molecule has 0 radical (unpaired) electrons. The monoisotopic (exact) mass is 354 g/mol. The van der Waals surface area contributed by atoms with Crippen LogP contribution in [0, 0.1) is 11.8 Å². The zero-order valence-corrected chi connectivity index (χ0v) is 15.8. The average Bonchev–Trinajstić information content (AvgIpc) is 2.58. The van der Waals surface area contributed by atoms with Gasteiger partial charge in [0.15, 0.2) is 0 Å². The fraction of sp³-hybridized carbons (Fsp3) is 0.429. The summed E-state index contributed by atoms with van der Waals surface area (Å²) >= 11 is 0. The van der Waals surface area contributed by atoms with Crippen molar-refractivity contribution in [3.8, 4) is 22.6 Å². The van der Waals surface area contributed by atoms with E-state index in [9.17, 15) is 4.79 Å². The van der Waals surface area contributed by atoms with E-state index < -0.39 is 0 Å². The number of aromatic nitrogens is 1. The van der Waals surface area contributed by atoms with Gasteiger partial charge in [-0.25, -0.2) is 4.98 Å². The second-order valence-electron chi connectivity index (χ2n) is 7.40. The fourth-order valence-corrected chi connectivity index (χ4v) is 3.33. The Morgan fingerprint density at radius 3 is 2.81 bits per heavy atom. The first kappa shape index (κ1) is 18.2. The number of fused-ring (bicyclic) bond motifs is 3. The van der Waals surface area contributed by atoms with Crippen molar-refractivity contribution in [3.05, 3.63) is 36.0 Å². The molecule has 3 rings (SSSR count). The van der Waals surface area contributed by atoms with Crippen molar-refractivity contribution in [3.63, 3.8) is 0 Å². The Balaban J connectivity index is 1.78. The minimum absolute atomic E-state index is 0.145. The van der Waals surface area contributed by atoms with Crippen LogP contribution in [-0.4, -0.2) is 17.5 Å². The van der Waals surface area contributed by atoms with Gasteiger partial charge < -0.3 is 14.8 Å². The smallest absolute Gasteiger partial charge is 0.222 e. The van der Waals surface area contributed by atoms with Crippen molar-refractivity contribution in [2.45, 2.75) is 40.7 Å². The van der Waals surface area contributed by atoms with Crippen LogP contribution in [-0.2, 0) is 11.4 Å². The normalized spacial score (nSPS) is 13.4. The van der Waals surface area contributed by atoms with E-state index in [0.29, 0.717) is 30.9 Å². The molecule has 5 heteroatoms. The van der Waals surface area contributed by atoms with Crippen LogP contribution in [0.2, 0.25) is 0 Å². The Kier molecular flexibility index (Phi) is 5.45. The SMILES string of the molecule is CC(=O)Nc1cc2c(cn1)OCc1cc(OCC(C)CC(C)C)ccc1-2. The molecule has 0 bridgehead atoms. The summed E-state index contributed by atoms with van der Waals surface area (Å²) in [5.41, 5.74) is 3.10. The van der Waals surface area contributed by atoms with Crippen LogP contribution in [0.15, 0.2) is 30.5 Å². The van der Waals surface area contributed by atoms with Gasteiger partial charge in [-0.05, 0) is 42.0 Å². The van der Waals surface area contributed by atoms with Gasteiger partial charge >= 0.3 is 0 Å². The first-order valence-electron chi connectivity index (χ1n) is 9.09. The number of carbonyl (C=O) groups excluding carboxylic acids is 1. The van der Waals surface area contributed by atoms with Gasteiger partial charge in [0.05, 0.1) is 12.8 Å². The van der Waals surface area contributed by atoms with E-state index in [-0.39, 0.29) is 5.91 Å². The zero-order valence-electron chi connectivity index (χ0n) is 15.8. The number of carbonyl (C=O) groups is 1. The fourth-order valence-electron chi connectivity index (χ4n) is 3.33. The highest BCUT2D eigenvalue weighted by molar-refractivity contribution is 5.89. The van der Waals surface area contributed by atoms with Crippen LogP contribution in [0.3, 0.4) is 0 Å². The zero-order chi connectivity index (χ0) is 18.7. The van der Waals surface area contributed by atoms with E-state index in [4.69, 9.17) is 9.47 Å². The second-order valence-corrected chi connectivity index (χ2v) is 7.40. The predicted molar refractivity (Wildman–Crippen MR) is 102 cm³/mol. The summed E-state index contributed by atoms with van der Waals surface area (Å²) < 4.78 is 11.8. The van der Waals surface area contributed by atoms with Gasteiger partial charge in [-0.3, -0.25) is 4.79 Å². The lowest BCUT2D eigenvalue weighted by atomic mass is 9.97. The van der Waals surface area contributed by atoms with Crippen LogP contribution in [0.5, 0.6) is 11.5 Å². The highest BCUT2D eigenvalue weighted by Crippen LogP contribution is 2.39. The predicted octanol–water partition coefficient (Wildman–Crippen LogP) is 4.66. The maximum absolute atomic E-state index is 11.3. The molecule has 1 atom stereocenters. The molecule has 1 aromatic heterocycles. The largest absolute Gasteiger partial charge is 0.493 e. The van der Waals surface area contributed by atoms with E-state index in [1.54, 1.807) is 6.20 Å². The summed E-state index contributed by atoms with van der Waals surface area (Å²) in [5.74, 6) is 3.17. The summed E-state index contributed by atoms with van der Waals surface area (Å²) in [6.45, 7) is 9.35. The molecule has 1 aliphatic heterocycles. The number of nitrogens with zero attached hydrogens (tertiary/aromatic N) is 1. The lowest BCUT2D eigenvalue weighted by Crippen LogP contribution is -2.12. The standard InChI is InChI=1S/C21H26N2O3/c1-13(2)7-14(3)11-25-17-5-6-18-16(8-17)12-26-20-10-22-21(9-19(18)20)23-15(4)24/h5-6,8-10,13-14H,7,11-12H2,1-4H3,(H,22,23,24). The van der Waals surface area contributed by atoms with Gasteiger partial charge in [0, 0.05) is 18.1 Å². The number of hydrogen-bond acceptors (Lipinski definition) is 4. The van der Waals surface area contributed by atoms with Crippen molar-refractivity contribution < 1.29 is 14.3 Å². The molecule has 0 aliphatic carbocycles. The Morgan fingerprint density at radius 2 is 2.08 bits per heavy atom. The van der Waals surface area contributed by atoms with Crippen molar-refractivity contribution in [1.82, 2.24) is 4.98 Å². The summed E-state index contributed by atoms with van der Waals surface area (Å²) in [6, 6.07) is 7.93. The molecule has 1 aromatic carbocycles. The van der Waals surface area contributed by atoms with Crippen LogP contribution in [0.25, 0.3) is 11.1 Å².